The summed E-state index contributed by atoms with van der Waals surface area (Å²) < 4.78 is 29.9. The highest BCUT2D eigenvalue weighted by molar-refractivity contribution is 9.10. The lowest BCUT2D eigenvalue weighted by molar-refractivity contribution is -0.141. The summed E-state index contributed by atoms with van der Waals surface area (Å²) in [6, 6.07) is 7.33. The monoisotopic (exact) mass is 520 g/mol. The molecule has 1 fully saturated rings. The molecule has 8 heteroatoms. The lowest BCUT2D eigenvalue weighted by atomic mass is 9.73. The Labute approximate surface area is 197 Å². The van der Waals surface area contributed by atoms with Gasteiger partial charge in [0.1, 0.15) is 17.2 Å². The van der Waals surface area contributed by atoms with Gasteiger partial charge < -0.3 is 9.67 Å². The Morgan fingerprint density at radius 1 is 1.22 bits per heavy atom. The van der Waals surface area contributed by atoms with Gasteiger partial charge in [-0.15, -0.1) is 0 Å². The Bertz CT molecular complexity index is 1220. The lowest BCUT2D eigenvalue weighted by Crippen LogP contribution is -2.42. The van der Waals surface area contributed by atoms with Crippen molar-refractivity contribution in [1.82, 2.24) is 9.55 Å². The van der Waals surface area contributed by atoms with Gasteiger partial charge in [-0.25, -0.2) is 13.8 Å². The second-order valence-electron chi connectivity index (χ2n) is 8.63. The number of fused-ring (bicyclic) bond motifs is 3. The number of carbonyl (C=O) groups is 1. The van der Waals surface area contributed by atoms with Crippen molar-refractivity contribution in [2.24, 2.45) is 0 Å². The largest absolute Gasteiger partial charge is 0.382 e. The van der Waals surface area contributed by atoms with Crippen molar-refractivity contribution in [1.29, 1.82) is 0 Å². The van der Waals surface area contributed by atoms with Crippen molar-refractivity contribution < 1.29 is 18.7 Å². The van der Waals surface area contributed by atoms with Gasteiger partial charge in [0.05, 0.1) is 33.8 Å². The van der Waals surface area contributed by atoms with Gasteiger partial charge in [-0.05, 0) is 77.4 Å². The van der Waals surface area contributed by atoms with Crippen molar-refractivity contribution in [2.75, 3.05) is 0 Å². The second-order valence-corrected chi connectivity index (χ2v) is 9.83. The van der Waals surface area contributed by atoms with Crippen LogP contribution in [-0.4, -0.2) is 26.0 Å². The molecule has 1 unspecified atom stereocenters. The van der Waals surface area contributed by atoms with Crippen LogP contribution in [0.15, 0.2) is 47.3 Å². The second kappa shape index (κ2) is 8.04. The third-order valence-electron chi connectivity index (χ3n) is 6.87. The molecule has 3 aromatic rings. The molecule has 32 heavy (non-hydrogen) atoms. The molecule has 1 N–H and O–H groups in total. The Morgan fingerprint density at radius 3 is 2.66 bits per heavy atom. The van der Waals surface area contributed by atoms with Crippen molar-refractivity contribution in [3.63, 3.8) is 0 Å². The fourth-order valence-electron chi connectivity index (χ4n) is 5.06. The van der Waals surface area contributed by atoms with Gasteiger partial charge in [0.15, 0.2) is 5.78 Å². The molecule has 1 aliphatic heterocycles. The van der Waals surface area contributed by atoms with Crippen LogP contribution in [0.4, 0.5) is 8.78 Å². The van der Waals surface area contributed by atoms with Crippen LogP contribution in [0.1, 0.15) is 55.2 Å². The van der Waals surface area contributed by atoms with E-state index >= 15 is 0 Å². The van der Waals surface area contributed by atoms with Gasteiger partial charge >= 0.3 is 0 Å². The maximum absolute atomic E-state index is 14.3. The van der Waals surface area contributed by atoms with E-state index in [0.29, 0.717) is 35.7 Å². The van der Waals surface area contributed by atoms with Crippen LogP contribution < -0.4 is 0 Å². The first kappa shape index (κ1) is 21.7. The number of carbonyl (C=O) groups excluding carboxylic acids is 1. The molecule has 0 amide bonds. The van der Waals surface area contributed by atoms with E-state index in [1.165, 1.54) is 12.1 Å². The zero-order chi connectivity index (χ0) is 22.6. The molecule has 0 spiro atoms. The van der Waals surface area contributed by atoms with Crippen LogP contribution in [-0.2, 0) is 4.79 Å². The number of nitrogens with zero attached hydrogens (tertiary/aromatic N) is 2. The van der Waals surface area contributed by atoms with Gasteiger partial charge in [0.25, 0.3) is 0 Å². The molecule has 166 valence electrons. The SMILES string of the molecule is O=C(CC1c2c(ccc(F)c2Br)-c2cncn21)C1(O)CCC(c2ccc(F)c(Cl)c2)CC1. The molecule has 0 bridgehead atoms. The minimum absolute atomic E-state index is 0.0436. The van der Waals surface area contributed by atoms with Crippen LogP contribution in [0.5, 0.6) is 0 Å². The van der Waals surface area contributed by atoms with E-state index in [4.69, 9.17) is 11.6 Å². The maximum atomic E-state index is 14.3. The zero-order valence-corrected chi connectivity index (χ0v) is 19.3. The smallest absolute Gasteiger partial charge is 0.166 e. The summed E-state index contributed by atoms with van der Waals surface area (Å²) in [5.41, 5.74) is 1.83. The standard InChI is InChI=1S/C24H20BrClF2N2O2/c25-23-18(28)4-2-15-20-11-29-12-30(20)19(22(15)23)10-21(31)24(32)7-5-13(6-8-24)14-1-3-17(27)16(26)9-14/h1-4,9,11-13,19,32H,5-8,10H2. The number of aliphatic hydroxyl groups is 1. The number of halogens is 4. The molecule has 1 saturated carbocycles. The fourth-order valence-corrected chi connectivity index (χ4v) is 5.85. The molecular formula is C24H20BrClF2N2O2. The van der Waals surface area contributed by atoms with Crippen LogP contribution in [0, 0.1) is 11.6 Å². The molecular weight excluding hydrogens is 502 g/mol. The normalized spacial score (nSPS) is 24.3. The van der Waals surface area contributed by atoms with E-state index < -0.39 is 23.3 Å². The van der Waals surface area contributed by atoms with Crippen LogP contribution in [0.2, 0.25) is 5.02 Å². The molecule has 0 radical (unpaired) electrons. The average Bonchev–Trinajstić information content (AvgIpc) is 3.36. The molecule has 1 atom stereocenters. The number of aromatic nitrogens is 2. The highest BCUT2D eigenvalue weighted by Gasteiger charge is 2.43. The predicted molar refractivity (Wildman–Crippen MR) is 121 cm³/mol. The van der Waals surface area contributed by atoms with E-state index in [2.05, 4.69) is 20.9 Å². The summed E-state index contributed by atoms with van der Waals surface area (Å²) in [7, 11) is 0. The van der Waals surface area contributed by atoms with Gasteiger partial charge in [-0.2, -0.15) is 0 Å². The number of rotatable bonds is 4. The maximum Gasteiger partial charge on any atom is 0.166 e. The first-order valence-corrected chi connectivity index (χ1v) is 11.7. The van der Waals surface area contributed by atoms with Gasteiger partial charge in [-0.1, -0.05) is 17.7 Å². The van der Waals surface area contributed by atoms with Crippen molar-refractivity contribution >= 4 is 33.3 Å². The molecule has 5 rings (SSSR count). The minimum atomic E-state index is -1.44. The number of Topliss-reactive ketones (excluding diaryl/α,β-unsaturated/α-hetero) is 1. The van der Waals surface area contributed by atoms with Crippen LogP contribution >= 0.6 is 27.5 Å². The Balaban J connectivity index is 1.35. The number of imidazole rings is 1. The van der Waals surface area contributed by atoms with Crippen LogP contribution in [0.25, 0.3) is 11.3 Å². The van der Waals surface area contributed by atoms with Crippen molar-refractivity contribution in [2.45, 2.75) is 49.7 Å². The highest BCUT2D eigenvalue weighted by atomic mass is 79.9. The third-order valence-corrected chi connectivity index (χ3v) is 7.96. The first-order chi connectivity index (χ1) is 15.3. The minimum Gasteiger partial charge on any atom is -0.382 e. The van der Waals surface area contributed by atoms with E-state index in [0.717, 1.165) is 16.8 Å². The fraction of sp³-hybridized carbons (Fsp3) is 0.333. The average molecular weight is 522 g/mol. The Kier molecular flexibility index (Phi) is 5.47. The Hall–Kier alpha value is -2.09. The molecule has 2 aliphatic rings. The van der Waals surface area contributed by atoms with E-state index in [1.807, 2.05) is 4.57 Å². The van der Waals surface area contributed by atoms with Gasteiger partial charge in [-0.3, -0.25) is 4.79 Å². The first-order valence-electron chi connectivity index (χ1n) is 10.5. The summed E-state index contributed by atoms with van der Waals surface area (Å²) in [5, 5.41) is 11.3. The molecule has 0 saturated heterocycles. The van der Waals surface area contributed by atoms with Gasteiger partial charge in [0, 0.05) is 17.5 Å². The quantitative estimate of drug-likeness (QED) is 0.445. The number of hydrogen-bond acceptors (Lipinski definition) is 3. The summed E-state index contributed by atoms with van der Waals surface area (Å²) >= 11 is 9.25. The molecule has 1 aromatic heterocycles. The van der Waals surface area contributed by atoms with E-state index in [-0.39, 0.29) is 23.1 Å². The molecule has 2 heterocycles. The molecule has 4 nitrogen and oxygen atoms in total. The van der Waals surface area contributed by atoms with Crippen LogP contribution in [0.3, 0.4) is 0 Å². The summed E-state index contributed by atoms with van der Waals surface area (Å²) in [4.78, 5) is 17.5. The molecule has 1 aliphatic carbocycles. The van der Waals surface area contributed by atoms with Gasteiger partial charge in [0.2, 0.25) is 0 Å². The summed E-state index contributed by atoms with van der Waals surface area (Å²) in [6.07, 6.45) is 5.19. The highest BCUT2D eigenvalue weighted by Crippen LogP contribution is 2.47. The summed E-state index contributed by atoms with van der Waals surface area (Å²) in [5.74, 6) is -1.01. The third kappa shape index (κ3) is 3.51. The van der Waals surface area contributed by atoms with E-state index in [1.54, 1.807) is 30.7 Å². The lowest BCUT2D eigenvalue weighted by Gasteiger charge is -2.36. The zero-order valence-electron chi connectivity index (χ0n) is 17.0. The number of benzene rings is 2. The van der Waals surface area contributed by atoms with E-state index in [9.17, 15) is 18.7 Å². The number of ketones is 1. The van der Waals surface area contributed by atoms with Crippen molar-refractivity contribution in [3.05, 3.63) is 75.1 Å². The predicted octanol–water partition coefficient (Wildman–Crippen LogP) is 6.20. The van der Waals surface area contributed by atoms with Crippen molar-refractivity contribution in [3.8, 4) is 11.3 Å². The summed E-state index contributed by atoms with van der Waals surface area (Å²) in [6.45, 7) is 0. The topological polar surface area (TPSA) is 55.1 Å². The Morgan fingerprint density at radius 2 is 1.94 bits per heavy atom. The molecule has 2 aromatic carbocycles. The number of hydrogen-bond donors (Lipinski definition) is 1.